The lowest BCUT2D eigenvalue weighted by molar-refractivity contribution is 0.114. The highest BCUT2D eigenvalue weighted by molar-refractivity contribution is 5.85. The van der Waals surface area contributed by atoms with Crippen LogP contribution in [0.15, 0.2) is 0 Å². The van der Waals surface area contributed by atoms with Gasteiger partial charge in [0.1, 0.15) is 6.17 Å². The number of halogens is 2. The molecule has 12 heavy (non-hydrogen) atoms. The number of alkyl halides is 1. The van der Waals surface area contributed by atoms with Gasteiger partial charge < -0.3 is 5.73 Å². The van der Waals surface area contributed by atoms with E-state index in [1.165, 1.54) is 12.8 Å². The van der Waals surface area contributed by atoms with Gasteiger partial charge in [0.15, 0.2) is 0 Å². The van der Waals surface area contributed by atoms with Crippen LogP contribution in [0.3, 0.4) is 0 Å². The summed E-state index contributed by atoms with van der Waals surface area (Å²) in [4.78, 5) is 2.24. The highest BCUT2D eigenvalue weighted by Crippen LogP contribution is 2.29. The summed E-state index contributed by atoms with van der Waals surface area (Å²) in [5.41, 5.74) is 5.56. The Labute approximate surface area is 78.7 Å². The average molecular weight is 195 g/mol. The largest absolute Gasteiger partial charge is 0.325 e. The van der Waals surface area contributed by atoms with Crippen molar-refractivity contribution < 1.29 is 4.39 Å². The maximum absolute atomic E-state index is 13.0. The summed E-state index contributed by atoms with van der Waals surface area (Å²) in [7, 11) is 0. The van der Waals surface area contributed by atoms with Crippen LogP contribution in [0.4, 0.5) is 4.39 Å². The smallest absolute Gasteiger partial charge is 0.128 e. The first-order valence-corrected chi connectivity index (χ1v) is 4.41. The predicted octanol–water partition coefficient (Wildman–Crippen LogP) is 0.942. The van der Waals surface area contributed by atoms with Gasteiger partial charge in [-0.15, -0.1) is 12.4 Å². The van der Waals surface area contributed by atoms with Crippen molar-refractivity contribution in [3.8, 4) is 0 Å². The van der Waals surface area contributed by atoms with Gasteiger partial charge in [0.25, 0.3) is 0 Å². The van der Waals surface area contributed by atoms with Crippen LogP contribution < -0.4 is 5.73 Å². The molecule has 1 heterocycles. The van der Waals surface area contributed by atoms with Crippen molar-refractivity contribution >= 4 is 12.4 Å². The lowest BCUT2D eigenvalue weighted by Crippen LogP contribution is -2.49. The van der Waals surface area contributed by atoms with Crippen molar-refractivity contribution in [2.24, 2.45) is 5.73 Å². The van der Waals surface area contributed by atoms with Crippen molar-refractivity contribution in [1.29, 1.82) is 0 Å². The number of likely N-dealkylation sites (tertiary alicyclic amines) is 1. The molecule has 72 valence electrons. The zero-order chi connectivity index (χ0) is 7.84. The molecule has 0 spiro atoms. The maximum Gasteiger partial charge on any atom is 0.128 e. The minimum atomic E-state index is -0.788. The van der Waals surface area contributed by atoms with Crippen LogP contribution in [-0.2, 0) is 0 Å². The molecule has 1 saturated carbocycles. The topological polar surface area (TPSA) is 29.3 Å². The molecule has 2 N–H and O–H groups in total. The highest BCUT2D eigenvalue weighted by atomic mass is 35.5. The van der Waals surface area contributed by atoms with Gasteiger partial charge >= 0.3 is 0 Å². The lowest BCUT2D eigenvalue weighted by atomic mass is 10.0. The Kier molecular flexibility index (Phi) is 3.32. The summed E-state index contributed by atoms with van der Waals surface area (Å²) in [6.45, 7) is 1.58. The van der Waals surface area contributed by atoms with Crippen LogP contribution in [0.5, 0.6) is 0 Å². The molecule has 4 heteroatoms. The van der Waals surface area contributed by atoms with Crippen LogP contribution >= 0.6 is 12.4 Å². The third-order valence-corrected chi connectivity index (χ3v) is 2.69. The molecule has 2 nitrogen and oxygen atoms in total. The fourth-order valence-corrected chi connectivity index (χ4v) is 1.72. The Morgan fingerprint density at radius 3 is 2.42 bits per heavy atom. The van der Waals surface area contributed by atoms with Crippen LogP contribution in [0.25, 0.3) is 0 Å². The van der Waals surface area contributed by atoms with Gasteiger partial charge in [0.2, 0.25) is 0 Å². The molecule has 0 bridgehead atoms. The van der Waals surface area contributed by atoms with Gasteiger partial charge in [-0.05, 0) is 19.3 Å². The molecule has 2 aliphatic rings. The second-order valence-corrected chi connectivity index (χ2v) is 3.69. The fraction of sp³-hybridized carbons (Fsp3) is 1.00. The van der Waals surface area contributed by atoms with E-state index in [0.29, 0.717) is 12.6 Å². The number of hydrogen-bond donors (Lipinski definition) is 1. The molecule has 2 rings (SSSR count). The number of nitrogens with two attached hydrogens (primary N) is 1. The van der Waals surface area contributed by atoms with Crippen LogP contribution in [0.1, 0.15) is 19.3 Å². The molecule has 1 aliphatic heterocycles. The molecule has 0 aromatic carbocycles. The first kappa shape index (κ1) is 10.2. The molecule has 1 saturated heterocycles. The first-order valence-electron chi connectivity index (χ1n) is 4.41. The Bertz CT molecular complexity index is 152. The van der Waals surface area contributed by atoms with E-state index in [2.05, 4.69) is 4.90 Å². The SMILES string of the molecule is Cl.N[C@@H]1CCN(C2CC2)C[C@@H]1F. The van der Waals surface area contributed by atoms with E-state index in [1.807, 2.05) is 0 Å². The fourth-order valence-electron chi connectivity index (χ4n) is 1.72. The number of rotatable bonds is 1. The van der Waals surface area contributed by atoms with E-state index in [-0.39, 0.29) is 18.4 Å². The second-order valence-electron chi connectivity index (χ2n) is 3.69. The molecule has 2 atom stereocenters. The zero-order valence-electron chi connectivity index (χ0n) is 7.08. The molecule has 2 fully saturated rings. The van der Waals surface area contributed by atoms with E-state index < -0.39 is 6.17 Å². The van der Waals surface area contributed by atoms with Gasteiger partial charge in [-0.3, -0.25) is 4.90 Å². The summed E-state index contributed by atoms with van der Waals surface area (Å²) in [5.74, 6) is 0. The third kappa shape index (κ3) is 2.09. The molecule has 0 aromatic heterocycles. The number of hydrogen-bond acceptors (Lipinski definition) is 2. The van der Waals surface area contributed by atoms with E-state index in [0.717, 1.165) is 13.0 Å². The van der Waals surface area contributed by atoms with Crippen molar-refractivity contribution in [1.82, 2.24) is 4.90 Å². The van der Waals surface area contributed by atoms with E-state index in [9.17, 15) is 4.39 Å². The molecule has 0 unspecified atom stereocenters. The summed E-state index contributed by atoms with van der Waals surface area (Å²) < 4.78 is 13.0. The lowest BCUT2D eigenvalue weighted by Gasteiger charge is -2.32. The summed E-state index contributed by atoms with van der Waals surface area (Å²) in [5, 5.41) is 0. The summed E-state index contributed by atoms with van der Waals surface area (Å²) in [6.07, 6.45) is 2.58. The van der Waals surface area contributed by atoms with E-state index in [1.54, 1.807) is 0 Å². The molecule has 0 radical (unpaired) electrons. The average Bonchev–Trinajstić information content (AvgIpc) is 2.77. The first-order chi connectivity index (χ1) is 5.27. The van der Waals surface area contributed by atoms with Gasteiger partial charge in [-0.25, -0.2) is 4.39 Å². The Balaban J connectivity index is 0.000000720. The summed E-state index contributed by atoms with van der Waals surface area (Å²) in [6, 6.07) is 0.491. The minimum Gasteiger partial charge on any atom is -0.325 e. The van der Waals surface area contributed by atoms with Crippen LogP contribution in [0.2, 0.25) is 0 Å². The highest BCUT2D eigenvalue weighted by Gasteiger charge is 2.35. The van der Waals surface area contributed by atoms with Crippen molar-refractivity contribution in [2.75, 3.05) is 13.1 Å². The van der Waals surface area contributed by atoms with Gasteiger partial charge in [-0.2, -0.15) is 0 Å². The Morgan fingerprint density at radius 1 is 1.25 bits per heavy atom. The molecule has 0 amide bonds. The van der Waals surface area contributed by atoms with Crippen molar-refractivity contribution in [3.63, 3.8) is 0 Å². The molecular formula is C8H16ClFN2. The van der Waals surface area contributed by atoms with Crippen molar-refractivity contribution in [3.05, 3.63) is 0 Å². The maximum atomic E-state index is 13.0. The number of nitrogens with zero attached hydrogens (tertiary/aromatic N) is 1. The van der Waals surface area contributed by atoms with E-state index >= 15 is 0 Å². The quantitative estimate of drug-likeness (QED) is 0.674. The predicted molar refractivity (Wildman–Crippen MR) is 49.3 cm³/mol. The summed E-state index contributed by atoms with van der Waals surface area (Å²) >= 11 is 0. The normalized spacial score (nSPS) is 37.5. The molecule has 0 aromatic rings. The molecular weight excluding hydrogens is 179 g/mol. The van der Waals surface area contributed by atoms with E-state index in [4.69, 9.17) is 5.73 Å². The van der Waals surface area contributed by atoms with Gasteiger partial charge in [-0.1, -0.05) is 0 Å². The second kappa shape index (κ2) is 3.90. The monoisotopic (exact) mass is 194 g/mol. The van der Waals surface area contributed by atoms with Crippen LogP contribution in [-0.4, -0.2) is 36.2 Å². The van der Waals surface area contributed by atoms with Crippen LogP contribution in [0, 0.1) is 0 Å². The number of piperidine rings is 1. The van der Waals surface area contributed by atoms with Gasteiger partial charge in [0.05, 0.1) is 0 Å². The molecule has 1 aliphatic carbocycles. The third-order valence-electron chi connectivity index (χ3n) is 2.69. The van der Waals surface area contributed by atoms with Crippen molar-refractivity contribution in [2.45, 2.75) is 37.5 Å². The standard InChI is InChI=1S/C8H15FN2.ClH/c9-7-5-11(6-1-2-6)4-3-8(7)10;/h6-8H,1-5,10H2;1H/t7-,8+;/m0./s1. The minimum absolute atomic E-state index is 0. The zero-order valence-corrected chi connectivity index (χ0v) is 7.89. The van der Waals surface area contributed by atoms with Gasteiger partial charge in [0, 0.05) is 25.2 Å². The Morgan fingerprint density at radius 2 is 1.92 bits per heavy atom. The Hall–Kier alpha value is 0.140.